The highest BCUT2D eigenvalue weighted by Gasteiger charge is 2.30. The molecule has 0 aliphatic heterocycles. The average Bonchev–Trinajstić information content (AvgIpc) is 3.33. The number of benzene rings is 2. The number of hydrogen-bond acceptors (Lipinski definition) is 2. The molecule has 8 heteroatoms. The molecule has 2 aromatic carbocycles. The van der Waals surface area contributed by atoms with Crippen LogP contribution in [0.1, 0.15) is 5.56 Å². The number of fused-ring (bicyclic) bond motifs is 1. The second-order valence-corrected chi connectivity index (χ2v) is 6.87. The van der Waals surface area contributed by atoms with Crippen molar-refractivity contribution in [3.8, 4) is 22.5 Å². The van der Waals surface area contributed by atoms with Crippen LogP contribution in [0.4, 0.5) is 18.9 Å². The molecule has 0 fully saturated rings. The monoisotopic (exact) mass is 410 g/mol. The van der Waals surface area contributed by atoms with E-state index in [4.69, 9.17) is 0 Å². The van der Waals surface area contributed by atoms with Crippen LogP contribution in [0.25, 0.3) is 33.4 Å². The Balaban J connectivity index is 1.89. The second kappa shape index (κ2) is 7.22. The molecule has 1 amide bonds. The fourth-order valence-corrected chi connectivity index (χ4v) is 3.28. The van der Waals surface area contributed by atoms with Crippen molar-refractivity contribution in [3.63, 3.8) is 0 Å². The first kappa shape index (κ1) is 19.5. The van der Waals surface area contributed by atoms with Gasteiger partial charge in [0.05, 0.1) is 23.1 Å². The summed E-state index contributed by atoms with van der Waals surface area (Å²) in [4.78, 5) is 19.3. The number of nitrogens with one attached hydrogen (secondary N) is 2. The van der Waals surface area contributed by atoms with Gasteiger partial charge in [-0.15, -0.1) is 0 Å². The van der Waals surface area contributed by atoms with Gasteiger partial charge < -0.3 is 14.9 Å². The van der Waals surface area contributed by atoms with Gasteiger partial charge in [0.2, 0.25) is 5.91 Å². The molecule has 2 aromatic heterocycles. The first-order valence-electron chi connectivity index (χ1n) is 9.01. The molecule has 0 spiro atoms. The van der Waals surface area contributed by atoms with Crippen LogP contribution in [-0.2, 0) is 18.0 Å². The molecule has 0 saturated carbocycles. The number of aryl methyl sites for hydroxylation is 1. The maximum Gasteiger partial charge on any atom is 0.416 e. The van der Waals surface area contributed by atoms with E-state index in [0.717, 1.165) is 23.6 Å². The zero-order valence-corrected chi connectivity index (χ0v) is 15.9. The predicted molar refractivity (Wildman–Crippen MR) is 110 cm³/mol. The van der Waals surface area contributed by atoms with Gasteiger partial charge in [-0.2, -0.15) is 13.2 Å². The molecule has 0 saturated heterocycles. The quantitative estimate of drug-likeness (QED) is 0.444. The number of halogens is 3. The number of carbonyl (C=O) groups excluding carboxylic acids is 1. The standard InChI is InChI=1S/C22H17F3N4O/c1-3-20(30)27-16-8-14-9-18(13-5-4-6-15(7-13)22(23,24)25)28-21(14)17(10-16)19-11-29(2)12-26-19/h3-12,28H,1H2,2H3,(H,27,30). The number of anilines is 1. The predicted octanol–water partition coefficient (Wildman–Crippen LogP) is 5.38. The van der Waals surface area contributed by atoms with Crippen LogP contribution in [0.5, 0.6) is 0 Å². The molecule has 0 unspecified atom stereocenters. The maximum absolute atomic E-state index is 13.1. The molecule has 5 nitrogen and oxygen atoms in total. The highest BCUT2D eigenvalue weighted by atomic mass is 19.4. The molecular weight excluding hydrogens is 393 g/mol. The van der Waals surface area contributed by atoms with Gasteiger partial charge >= 0.3 is 6.18 Å². The molecule has 0 bridgehead atoms. The highest BCUT2D eigenvalue weighted by molar-refractivity contribution is 6.04. The van der Waals surface area contributed by atoms with Gasteiger partial charge in [-0.05, 0) is 42.0 Å². The van der Waals surface area contributed by atoms with Crippen LogP contribution in [0.2, 0.25) is 0 Å². The smallest absolute Gasteiger partial charge is 0.354 e. The number of aromatic amines is 1. The second-order valence-electron chi connectivity index (χ2n) is 6.87. The Morgan fingerprint density at radius 1 is 1.23 bits per heavy atom. The van der Waals surface area contributed by atoms with E-state index in [-0.39, 0.29) is 5.91 Å². The number of alkyl halides is 3. The summed E-state index contributed by atoms with van der Waals surface area (Å²) in [5, 5.41) is 3.45. The zero-order chi connectivity index (χ0) is 21.5. The Kier molecular flexibility index (Phi) is 4.69. The van der Waals surface area contributed by atoms with E-state index in [1.165, 1.54) is 6.07 Å². The third-order valence-corrected chi connectivity index (χ3v) is 4.66. The van der Waals surface area contributed by atoms with Crippen LogP contribution in [0, 0.1) is 0 Å². The van der Waals surface area contributed by atoms with Gasteiger partial charge in [0.15, 0.2) is 0 Å². The average molecular weight is 410 g/mol. The molecule has 4 rings (SSSR count). The van der Waals surface area contributed by atoms with Gasteiger partial charge in [-0.25, -0.2) is 4.98 Å². The number of H-pyrrole nitrogens is 1. The molecule has 152 valence electrons. The van der Waals surface area contributed by atoms with Crippen LogP contribution < -0.4 is 5.32 Å². The lowest BCUT2D eigenvalue weighted by molar-refractivity contribution is -0.137. The summed E-state index contributed by atoms with van der Waals surface area (Å²) in [6.07, 6.45) is 0.199. The summed E-state index contributed by atoms with van der Waals surface area (Å²) in [5.41, 5.74) is 2.83. The van der Waals surface area contributed by atoms with Crippen LogP contribution in [0.15, 0.2) is 67.6 Å². The number of hydrogen-bond donors (Lipinski definition) is 2. The van der Waals surface area contributed by atoms with E-state index < -0.39 is 11.7 Å². The van der Waals surface area contributed by atoms with Crippen molar-refractivity contribution >= 4 is 22.5 Å². The number of aromatic nitrogens is 3. The van der Waals surface area contributed by atoms with Gasteiger partial charge in [0.25, 0.3) is 0 Å². The highest BCUT2D eigenvalue weighted by Crippen LogP contribution is 2.36. The van der Waals surface area contributed by atoms with Crippen molar-refractivity contribution in [2.24, 2.45) is 7.05 Å². The van der Waals surface area contributed by atoms with Crippen molar-refractivity contribution in [1.29, 1.82) is 0 Å². The van der Waals surface area contributed by atoms with E-state index in [1.54, 1.807) is 35.2 Å². The lowest BCUT2D eigenvalue weighted by atomic mass is 10.1. The largest absolute Gasteiger partial charge is 0.416 e. The normalized spacial score (nSPS) is 11.6. The fraction of sp³-hybridized carbons (Fsp3) is 0.0909. The van der Waals surface area contributed by atoms with Crippen molar-refractivity contribution in [2.45, 2.75) is 6.18 Å². The van der Waals surface area contributed by atoms with Crippen molar-refractivity contribution in [2.75, 3.05) is 5.32 Å². The summed E-state index contributed by atoms with van der Waals surface area (Å²) >= 11 is 0. The summed E-state index contributed by atoms with van der Waals surface area (Å²) in [6.45, 7) is 3.45. The van der Waals surface area contributed by atoms with Crippen molar-refractivity contribution in [3.05, 3.63) is 73.2 Å². The first-order chi connectivity index (χ1) is 14.2. The number of imidazole rings is 1. The minimum absolute atomic E-state index is 0.366. The minimum atomic E-state index is -4.43. The Bertz CT molecular complexity index is 1270. The summed E-state index contributed by atoms with van der Waals surface area (Å²) in [5.74, 6) is -0.366. The Morgan fingerprint density at radius 3 is 2.70 bits per heavy atom. The number of rotatable bonds is 4. The molecule has 4 aromatic rings. The van der Waals surface area contributed by atoms with E-state index in [2.05, 4.69) is 21.9 Å². The minimum Gasteiger partial charge on any atom is -0.354 e. The van der Waals surface area contributed by atoms with Crippen LogP contribution in [-0.4, -0.2) is 20.4 Å². The summed E-state index contributed by atoms with van der Waals surface area (Å²) in [6, 6.07) is 10.4. The van der Waals surface area contributed by atoms with Gasteiger partial charge in [0, 0.05) is 35.6 Å². The Hall–Kier alpha value is -3.81. The van der Waals surface area contributed by atoms with E-state index >= 15 is 0 Å². The van der Waals surface area contributed by atoms with Crippen LogP contribution in [0.3, 0.4) is 0 Å². The van der Waals surface area contributed by atoms with Gasteiger partial charge in [0.1, 0.15) is 0 Å². The molecule has 0 radical (unpaired) electrons. The van der Waals surface area contributed by atoms with Crippen molar-refractivity contribution in [1.82, 2.24) is 14.5 Å². The Labute approximate surface area is 169 Å². The Morgan fingerprint density at radius 2 is 2.03 bits per heavy atom. The molecule has 2 heterocycles. The summed E-state index contributed by atoms with van der Waals surface area (Å²) < 4.78 is 41.1. The lowest BCUT2D eigenvalue weighted by Gasteiger charge is -2.08. The molecular formula is C22H17F3N4O. The molecule has 0 aliphatic carbocycles. The number of nitrogens with zero attached hydrogens (tertiary/aromatic N) is 2. The van der Waals surface area contributed by atoms with E-state index in [0.29, 0.717) is 33.7 Å². The lowest BCUT2D eigenvalue weighted by Crippen LogP contribution is -2.07. The topological polar surface area (TPSA) is 62.7 Å². The molecule has 30 heavy (non-hydrogen) atoms. The number of carbonyl (C=O) groups is 1. The number of amides is 1. The molecule has 2 N–H and O–H groups in total. The van der Waals surface area contributed by atoms with Crippen LogP contribution >= 0.6 is 0 Å². The van der Waals surface area contributed by atoms with E-state index in [9.17, 15) is 18.0 Å². The maximum atomic E-state index is 13.1. The third kappa shape index (κ3) is 3.71. The van der Waals surface area contributed by atoms with Crippen molar-refractivity contribution < 1.29 is 18.0 Å². The molecule has 0 aliphatic rings. The van der Waals surface area contributed by atoms with Gasteiger partial charge in [-0.3, -0.25) is 4.79 Å². The fourth-order valence-electron chi connectivity index (χ4n) is 3.28. The SMILES string of the molecule is C=CC(=O)Nc1cc(-c2cn(C)cn2)c2[nH]c(-c3cccc(C(F)(F)F)c3)cc2c1. The summed E-state index contributed by atoms with van der Waals surface area (Å²) in [7, 11) is 1.83. The first-order valence-corrected chi connectivity index (χ1v) is 9.01. The third-order valence-electron chi connectivity index (χ3n) is 4.66. The van der Waals surface area contributed by atoms with Gasteiger partial charge in [-0.1, -0.05) is 18.7 Å². The zero-order valence-electron chi connectivity index (χ0n) is 15.9. The molecule has 0 atom stereocenters. The van der Waals surface area contributed by atoms with E-state index in [1.807, 2.05) is 13.2 Å².